The molecule has 0 radical (unpaired) electrons. The van der Waals surface area contributed by atoms with Gasteiger partial charge in [-0.15, -0.1) is 0 Å². The number of hydrogen-bond donors (Lipinski definition) is 0. The van der Waals surface area contributed by atoms with Crippen LogP contribution in [0.25, 0.3) is 0 Å². The van der Waals surface area contributed by atoms with Crippen LogP contribution in [0, 0.1) is 0 Å². The van der Waals surface area contributed by atoms with Crippen molar-refractivity contribution in [2.24, 2.45) is 0 Å². The fraction of sp³-hybridized carbons (Fsp3) is 0.286. The van der Waals surface area contributed by atoms with E-state index in [1.165, 1.54) is 5.56 Å². The third-order valence-electron chi connectivity index (χ3n) is 5.33. The standard InChI is InChI=1S/C28H30O4/c1-4-10-23(11-5-1)18-19-30-28-17-16-26(31-21-25-14-8-3-9-15-25)27(32-28)22-29-20-24-12-6-2-7-13-24/h1-17,26-28H,18-22H2/t26-,27+,28-/m0/s1. The molecule has 0 saturated carbocycles. The summed E-state index contributed by atoms with van der Waals surface area (Å²) in [5, 5.41) is 0. The Hall–Kier alpha value is -2.76. The molecule has 166 valence electrons. The highest BCUT2D eigenvalue weighted by molar-refractivity contribution is 5.16. The van der Waals surface area contributed by atoms with Crippen LogP contribution in [-0.2, 0) is 38.6 Å². The fourth-order valence-electron chi connectivity index (χ4n) is 3.58. The van der Waals surface area contributed by atoms with Gasteiger partial charge in [0, 0.05) is 0 Å². The predicted molar refractivity (Wildman–Crippen MR) is 125 cm³/mol. The molecule has 0 aliphatic carbocycles. The lowest BCUT2D eigenvalue weighted by Gasteiger charge is -2.32. The molecule has 0 saturated heterocycles. The maximum absolute atomic E-state index is 6.20. The summed E-state index contributed by atoms with van der Waals surface area (Å²) in [4.78, 5) is 0. The van der Waals surface area contributed by atoms with E-state index in [9.17, 15) is 0 Å². The highest BCUT2D eigenvalue weighted by Crippen LogP contribution is 2.20. The van der Waals surface area contributed by atoms with E-state index in [4.69, 9.17) is 18.9 Å². The molecule has 1 heterocycles. The normalized spacial score (nSPS) is 20.3. The minimum Gasteiger partial charge on any atom is -0.374 e. The quantitative estimate of drug-likeness (QED) is 0.385. The summed E-state index contributed by atoms with van der Waals surface area (Å²) >= 11 is 0. The van der Waals surface area contributed by atoms with Gasteiger partial charge in [0.25, 0.3) is 0 Å². The highest BCUT2D eigenvalue weighted by atomic mass is 16.7. The van der Waals surface area contributed by atoms with Gasteiger partial charge in [-0.05, 0) is 29.2 Å². The molecule has 1 aliphatic rings. The average molecular weight is 431 g/mol. The first-order valence-corrected chi connectivity index (χ1v) is 11.1. The van der Waals surface area contributed by atoms with Crippen LogP contribution in [0.5, 0.6) is 0 Å². The van der Waals surface area contributed by atoms with Gasteiger partial charge in [0.15, 0.2) is 6.29 Å². The van der Waals surface area contributed by atoms with Crippen molar-refractivity contribution in [3.05, 3.63) is 120 Å². The Morgan fingerprint density at radius 3 is 1.88 bits per heavy atom. The first kappa shape index (κ1) is 22.4. The Morgan fingerprint density at radius 2 is 1.22 bits per heavy atom. The van der Waals surface area contributed by atoms with E-state index in [1.54, 1.807) is 0 Å². The SMILES string of the molecule is C1=C[C@H](OCc2ccccc2)[C@@H](COCc2ccccc2)O[C@@H]1OCCc1ccccc1. The molecule has 0 bridgehead atoms. The van der Waals surface area contributed by atoms with Gasteiger partial charge in [0.1, 0.15) is 12.2 Å². The van der Waals surface area contributed by atoms with Gasteiger partial charge >= 0.3 is 0 Å². The number of benzene rings is 3. The number of rotatable bonds is 11. The molecule has 0 spiro atoms. The largest absolute Gasteiger partial charge is 0.374 e. The van der Waals surface area contributed by atoms with Crippen LogP contribution in [-0.4, -0.2) is 31.7 Å². The van der Waals surface area contributed by atoms with Crippen molar-refractivity contribution < 1.29 is 18.9 Å². The molecule has 3 aromatic carbocycles. The zero-order chi connectivity index (χ0) is 21.8. The van der Waals surface area contributed by atoms with Crippen molar-refractivity contribution in [3.8, 4) is 0 Å². The van der Waals surface area contributed by atoms with Crippen molar-refractivity contribution >= 4 is 0 Å². The summed E-state index contributed by atoms with van der Waals surface area (Å²) in [5.41, 5.74) is 3.52. The lowest BCUT2D eigenvalue weighted by Crippen LogP contribution is -2.41. The van der Waals surface area contributed by atoms with Crippen LogP contribution in [0.1, 0.15) is 16.7 Å². The zero-order valence-electron chi connectivity index (χ0n) is 18.2. The molecular weight excluding hydrogens is 400 g/mol. The topological polar surface area (TPSA) is 36.9 Å². The van der Waals surface area contributed by atoms with Crippen LogP contribution in [0.15, 0.2) is 103 Å². The molecule has 0 unspecified atom stereocenters. The molecule has 1 aliphatic heterocycles. The summed E-state index contributed by atoms with van der Waals surface area (Å²) in [7, 11) is 0. The van der Waals surface area contributed by atoms with E-state index in [-0.39, 0.29) is 12.2 Å². The molecule has 0 aromatic heterocycles. The maximum Gasteiger partial charge on any atom is 0.177 e. The van der Waals surface area contributed by atoms with E-state index in [0.717, 1.165) is 17.5 Å². The maximum atomic E-state index is 6.20. The van der Waals surface area contributed by atoms with Crippen molar-refractivity contribution in [3.63, 3.8) is 0 Å². The van der Waals surface area contributed by atoms with E-state index in [2.05, 4.69) is 36.4 Å². The second-order valence-electron chi connectivity index (χ2n) is 7.80. The molecule has 4 rings (SSSR count). The lowest BCUT2D eigenvalue weighted by molar-refractivity contribution is -0.194. The molecule has 0 amide bonds. The summed E-state index contributed by atoms with van der Waals surface area (Å²) in [6.07, 6.45) is 3.98. The predicted octanol–water partition coefficient (Wildman–Crippen LogP) is 5.33. The summed E-state index contributed by atoms with van der Waals surface area (Å²) in [5.74, 6) is 0. The van der Waals surface area contributed by atoms with Crippen molar-refractivity contribution in [1.29, 1.82) is 0 Å². The van der Waals surface area contributed by atoms with Crippen molar-refractivity contribution in [1.82, 2.24) is 0 Å². The minimum absolute atomic E-state index is 0.194. The van der Waals surface area contributed by atoms with Gasteiger partial charge < -0.3 is 18.9 Å². The molecule has 3 aromatic rings. The molecule has 3 atom stereocenters. The third-order valence-corrected chi connectivity index (χ3v) is 5.33. The zero-order valence-corrected chi connectivity index (χ0v) is 18.2. The molecule has 4 nitrogen and oxygen atoms in total. The van der Waals surface area contributed by atoms with Crippen molar-refractivity contribution in [2.75, 3.05) is 13.2 Å². The fourth-order valence-corrected chi connectivity index (χ4v) is 3.58. The van der Waals surface area contributed by atoms with E-state index >= 15 is 0 Å². The molecule has 0 fully saturated rings. The monoisotopic (exact) mass is 430 g/mol. The van der Waals surface area contributed by atoms with Gasteiger partial charge in [-0.2, -0.15) is 0 Å². The van der Waals surface area contributed by atoms with Gasteiger partial charge in [0.05, 0.1) is 26.4 Å². The van der Waals surface area contributed by atoms with E-state index in [0.29, 0.717) is 26.4 Å². The Balaban J connectivity index is 1.31. The number of ether oxygens (including phenoxy) is 4. The lowest BCUT2D eigenvalue weighted by atomic mass is 10.1. The average Bonchev–Trinajstić information content (AvgIpc) is 2.85. The Labute approximate surface area is 190 Å². The third kappa shape index (κ3) is 7.14. The Bertz CT molecular complexity index is 927. The molecule has 32 heavy (non-hydrogen) atoms. The van der Waals surface area contributed by atoms with E-state index in [1.807, 2.05) is 66.7 Å². The van der Waals surface area contributed by atoms with Crippen LogP contribution in [0.3, 0.4) is 0 Å². The Kier molecular flexibility index (Phi) is 8.64. The summed E-state index contributed by atoms with van der Waals surface area (Å²) in [6, 6.07) is 30.6. The van der Waals surface area contributed by atoms with Crippen LogP contribution in [0.4, 0.5) is 0 Å². The molecule has 4 heteroatoms. The molecule has 0 N–H and O–H groups in total. The second kappa shape index (κ2) is 12.3. The Morgan fingerprint density at radius 1 is 0.625 bits per heavy atom. The minimum atomic E-state index is -0.402. The number of hydrogen-bond acceptors (Lipinski definition) is 4. The van der Waals surface area contributed by atoms with Gasteiger partial charge in [-0.1, -0.05) is 97.1 Å². The van der Waals surface area contributed by atoms with Crippen LogP contribution in [0.2, 0.25) is 0 Å². The van der Waals surface area contributed by atoms with Gasteiger partial charge in [-0.25, -0.2) is 0 Å². The first-order valence-electron chi connectivity index (χ1n) is 11.1. The van der Waals surface area contributed by atoms with Crippen LogP contribution < -0.4 is 0 Å². The summed E-state index contributed by atoms with van der Waals surface area (Å²) < 4.78 is 24.3. The van der Waals surface area contributed by atoms with Crippen molar-refractivity contribution in [2.45, 2.75) is 38.1 Å². The first-order chi connectivity index (χ1) is 15.9. The van der Waals surface area contributed by atoms with Gasteiger partial charge in [-0.3, -0.25) is 0 Å². The van der Waals surface area contributed by atoms with E-state index < -0.39 is 6.29 Å². The second-order valence-corrected chi connectivity index (χ2v) is 7.80. The summed E-state index contributed by atoms with van der Waals surface area (Å²) in [6.45, 7) is 2.08. The highest BCUT2D eigenvalue weighted by Gasteiger charge is 2.28. The van der Waals surface area contributed by atoms with Gasteiger partial charge in [0.2, 0.25) is 0 Å². The van der Waals surface area contributed by atoms with Crippen LogP contribution >= 0.6 is 0 Å². The smallest absolute Gasteiger partial charge is 0.177 e. The molecular formula is C28H30O4.